The predicted octanol–water partition coefficient (Wildman–Crippen LogP) is 13.7. The molecule has 0 radical (unpaired) electrons. The van der Waals surface area contributed by atoms with Crippen molar-refractivity contribution in [3.63, 3.8) is 0 Å². The van der Waals surface area contributed by atoms with Crippen molar-refractivity contribution in [2.75, 3.05) is 0 Å². The van der Waals surface area contributed by atoms with E-state index >= 15 is 0 Å². The van der Waals surface area contributed by atoms with Crippen LogP contribution in [-0.2, 0) is 0 Å². The zero-order valence-electron chi connectivity index (χ0n) is 29.9. The first-order valence-corrected chi connectivity index (χ1v) is 18.7. The summed E-state index contributed by atoms with van der Waals surface area (Å²) >= 11 is 0. The molecule has 0 saturated heterocycles. The minimum absolute atomic E-state index is 0.715. The van der Waals surface area contributed by atoms with E-state index in [1.54, 1.807) is 0 Å². The first-order valence-electron chi connectivity index (χ1n) is 18.7. The minimum Gasteiger partial charge on any atom is -0.309 e. The van der Waals surface area contributed by atoms with Crippen LogP contribution in [0.3, 0.4) is 0 Å². The molecule has 11 rings (SSSR count). The molecule has 0 spiro atoms. The molecule has 0 bridgehead atoms. The molecule has 2 aromatic heterocycles. The average Bonchev–Trinajstić information content (AvgIpc) is 3.61. The number of nitrogens with zero attached hydrogens (tertiary/aromatic N) is 3. The highest BCUT2D eigenvalue weighted by Crippen LogP contribution is 2.40. The van der Waals surface area contributed by atoms with Crippen molar-refractivity contribution in [1.29, 1.82) is 0 Å². The molecule has 0 amide bonds. The van der Waals surface area contributed by atoms with Gasteiger partial charge in [0.1, 0.15) is 0 Å². The summed E-state index contributed by atoms with van der Waals surface area (Å²) in [5.74, 6) is 0.715. The molecule has 55 heavy (non-hydrogen) atoms. The van der Waals surface area contributed by atoms with Crippen LogP contribution in [0, 0.1) is 0 Å². The Bertz CT molecular complexity index is 3180. The summed E-state index contributed by atoms with van der Waals surface area (Å²) < 4.78 is 2.39. The fourth-order valence-electron chi connectivity index (χ4n) is 8.39. The van der Waals surface area contributed by atoms with Crippen LogP contribution in [0.15, 0.2) is 200 Å². The average molecular weight is 700 g/mol. The van der Waals surface area contributed by atoms with Crippen LogP contribution in [-0.4, -0.2) is 14.5 Å². The Labute approximate surface area is 318 Å². The molecule has 3 nitrogen and oxygen atoms in total. The van der Waals surface area contributed by atoms with E-state index in [1.165, 1.54) is 65.3 Å². The molecule has 0 aliphatic carbocycles. The van der Waals surface area contributed by atoms with Crippen LogP contribution in [0.5, 0.6) is 0 Å². The van der Waals surface area contributed by atoms with Crippen LogP contribution >= 0.6 is 0 Å². The van der Waals surface area contributed by atoms with Gasteiger partial charge in [-0.25, -0.2) is 9.97 Å². The van der Waals surface area contributed by atoms with E-state index in [1.807, 2.05) is 24.3 Å². The molecule has 0 fully saturated rings. The highest BCUT2D eigenvalue weighted by molar-refractivity contribution is 6.22. The number of hydrogen-bond acceptors (Lipinski definition) is 2. The summed E-state index contributed by atoms with van der Waals surface area (Å²) in [4.78, 5) is 10.1. The standard InChI is InChI=1S/C52H33N3/c1-3-13-34(14-4-1)47-33-48(54-52(53-47)36-15-5-2-6-16-36)35-23-27-40(28-24-35)55-49-22-12-11-21-45(49)51-42-29-25-39(31-38(42)26-30-50(51)55)46-32-37-17-7-8-18-41(37)43-19-9-10-20-44(43)46/h1-33H. The summed E-state index contributed by atoms with van der Waals surface area (Å²) in [6.45, 7) is 0. The first kappa shape index (κ1) is 31.2. The third-order valence-corrected chi connectivity index (χ3v) is 11.0. The predicted molar refractivity (Wildman–Crippen MR) is 231 cm³/mol. The second-order valence-corrected chi connectivity index (χ2v) is 14.2. The van der Waals surface area contributed by atoms with Gasteiger partial charge in [-0.05, 0) is 85.9 Å². The van der Waals surface area contributed by atoms with Gasteiger partial charge >= 0.3 is 0 Å². The Morgan fingerprint density at radius 1 is 0.327 bits per heavy atom. The summed E-state index contributed by atoms with van der Waals surface area (Å²) in [5, 5.41) is 10.1. The van der Waals surface area contributed by atoms with Crippen molar-refractivity contribution < 1.29 is 0 Å². The first-order chi connectivity index (χ1) is 27.3. The van der Waals surface area contributed by atoms with E-state index in [4.69, 9.17) is 9.97 Å². The summed E-state index contributed by atoms with van der Waals surface area (Å²) in [6.07, 6.45) is 0. The van der Waals surface area contributed by atoms with E-state index in [2.05, 4.69) is 180 Å². The maximum Gasteiger partial charge on any atom is 0.160 e. The second-order valence-electron chi connectivity index (χ2n) is 14.2. The number of benzene rings is 9. The van der Waals surface area contributed by atoms with Gasteiger partial charge in [-0.2, -0.15) is 0 Å². The molecule has 0 N–H and O–H groups in total. The maximum absolute atomic E-state index is 5.07. The van der Waals surface area contributed by atoms with Crippen LogP contribution in [0.1, 0.15) is 0 Å². The maximum atomic E-state index is 5.07. The highest BCUT2D eigenvalue weighted by atomic mass is 15.0. The summed E-state index contributed by atoms with van der Waals surface area (Å²) in [7, 11) is 0. The number of rotatable bonds is 5. The SMILES string of the molecule is c1ccc(-c2cc(-c3ccc(-n4c5ccccc5c5c6ccc(-c7cc8ccccc8c8ccccc78)cc6ccc54)cc3)nc(-c3ccccc3)n2)cc1. The second kappa shape index (κ2) is 12.6. The number of aromatic nitrogens is 3. The Morgan fingerprint density at radius 3 is 1.67 bits per heavy atom. The lowest BCUT2D eigenvalue weighted by molar-refractivity contribution is 1.17. The molecule has 0 aliphatic heterocycles. The van der Waals surface area contributed by atoms with Gasteiger partial charge in [0.15, 0.2) is 5.82 Å². The van der Waals surface area contributed by atoms with Gasteiger partial charge in [-0.3, -0.25) is 0 Å². The van der Waals surface area contributed by atoms with Gasteiger partial charge in [0.05, 0.1) is 22.4 Å². The summed E-state index contributed by atoms with van der Waals surface area (Å²) in [5.41, 5.74) is 10.9. The monoisotopic (exact) mass is 699 g/mol. The summed E-state index contributed by atoms with van der Waals surface area (Å²) in [6, 6.07) is 71.6. The molecule has 9 aromatic carbocycles. The molecule has 11 aromatic rings. The number of hydrogen-bond donors (Lipinski definition) is 0. The van der Waals surface area contributed by atoms with Crippen molar-refractivity contribution in [2.24, 2.45) is 0 Å². The van der Waals surface area contributed by atoms with E-state index in [0.717, 1.165) is 33.8 Å². The van der Waals surface area contributed by atoms with Crippen molar-refractivity contribution in [3.05, 3.63) is 200 Å². The largest absolute Gasteiger partial charge is 0.309 e. The minimum atomic E-state index is 0.715. The van der Waals surface area contributed by atoms with Crippen molar-refractivity contribution in [2.45, 2.75) is 0 Å². The van der Waals surface area contributed by atoms with Crippen molar-refractivity contribution in [1.82, 2.24) is 14.5 Å². The quantitative estimate of drug-likeness (QED) is 0.167. The van der Waals surface area contributed by atoms with Gasteiger partial charge < -0.3 is 4.57 Å². The van der Waals surface area contributed by atoms with Gasteiger partial charge in [-0.1, -0.05) is 158 Å². The van der Waals surface area contributed by atoms with Crippen LogP contribution in [0.25, 0.3) is 105 Å². The Morgan fingerprint density at radius 2 is 0.909 bits per heavy atom. The third kappa shape index (κ3) is 5.20. The molecule has 0 atom stereocenters. The Hall–Kier alpha value is -7.36. The smallest absolute Gasteiger partial charge is 0.160 e. The lowest BCUT2D eigenvalue weighted by Gasteiger charge is -2.13. The van der Waals surface area contributed by atoms with Gasteiger partial charge in [-0.15, -0.1) is 0 Å². The zero-order chi connectivity index (χ0) is 36.3. The van der Waals surface area contributed by atoms with Gasteiger partial charge in [0.2, 0.25) is 0 Å². The Balaban J connectivity index is 1.04. The fourth-order valence-corrected chi connectivity index (χ4v) is 8.39. The third-order valence-electron chi connectivity index (χ3n) is 11.0. The van der Waals surface area contributed by atoms with E-state index in [-0.39, 0.29) is 0 Å². The molecule has 0 aliphatic rings. The number of fused-ring (bicyclic) bond motifs is 8. The lowest BCUT2D eigenvalue weighted by Crippen LogP contribution is -1.97. The zero-order valence-corrected chi connectivity index (χ0v) is 29.9. The topological polar surface area (TPSA) is 30.7 Å². The van der Waals surface area contributed by atoms with E-state index < -0.39 is 0 Å². The molecular formula is C52H33N3. The number of para-hydroxylation sites is 1. The van der Waals surface area contributed by atoms with Crippen LogP contribution < -0.4 is 0 Å². The normalized spacial score (nSPS) is 11.6. The van der Waals surface area contributed by atoms with E-state index in [0.29, 0.717) is 5.82 Å². The molecule has 0 saturated carbocycles. The molecular weight excluding hydrogens is 667 g/mol. The lowest BCUT2D eigenvalue weighted by atomic mass is 9.92. The van der Waals surface area contributed by atoms with Gasteiger partial charge in [0, 0.05) is 33.2 Å². The van der Waals surface area contributed by atoms with Crippen LogP contribution in [0.4, 0.5) is 0 Å². The van der Waals surface area contributed by atoms with Crippen LogP contribution in [0.2, 0.25) is 0 Å². The highest BCUT2D eigenvalue weighted by Gasteiger charge is 2.17. The molecule has 0 unspecified atom stereocenters. The van der Waals surface area contributed by atoms with Crippen molar-refractivity contribution in [3.8, 4) is 50.7 Å². The molecule has 256 valence electrons. The van der Waals surface area contributed by atoms with Crippen molar-refractivity contribution >= 4 is 54.1 Å². The van der Waals surface area contributed by atoms with Gasteiger partial charge in [0.25, 0.3) is 0 Å². The molecule has 2 heterocycles. The fraction of sp³-hybridized carbons (Fsp3) is 0. The van der Waals surface area contributed by atoms with E-state index in [9.17, 15) is 0 Å². The Kier molecular flexibility index (Phi) is 7.17. The molecule has 3 heteroatoms.